The molecule has 0 radical (unpaired) electrons. The van der Waals surface area contributed by atoms with E-state index in [1.165, 1.54) is 0 Å². The average Bonchev–Trinajstić information content (AvgIpc) is 2.71. The van der Waals surface area contributed by atoms with E-state index in [-0.39, 0.29) is 0 Å². The van der Waals surface area contributed by atoms with Crippen LogP contribution in [-0.2, 0) is 4.74 Å². The second kappa shape index (κ2) is 9.41. The number of nitrogens with one attached hydrogen (secondary N) is 1. The molecule has 0 atom stereocenters. The number of anilines is 3. The van der Waals surface area contributed by atoms with Crippen molar-refractivity contribution in [2.45, 2.75) is 13.3 Å². The molecule has 1 aromatic heterocycles. The third kappa shape index (κ3) is 5.01. The van der Waals surface area contributed by atoms with Gasteiger partial charge in [0.25, 0.3) is 0 Å². The molecule has 2 aromatic rings. The molecule has 0 saturated carbocycles. The first kappa shape index (κ1) is 19.2. The highest BCUT2D eigenvalue weighted by molar-refractivity contribution is 5.59. The number of hydrogen-bond donors (Lipinski definition) is 1. The number of para-hydroxylation sites is 2. The summed E-state index contributed by atoms with van der Waals surface area (Å²) in [6.45, 7) is 7.18. The summed E-state index contributed by atoms with van der Waals surface area (Å²) in [4.78, 5) is 14.0. The molecule has 3 rings (SSSR count). The number of nitrogens with zero attached hydrogens (tertiary/aromatic N) is 4. The van der Waals surface area contributed by atoms with Crippen molar-refractivity contribution >= 4 is 17.5 Å². The number of benzene rings is 1. The van der Waals surface area contributed by atoms with Gasteiger partial charge in [-0.1, -0.05) is 12.1 Å². The maximum Gasteiger partial charge on any atom is 0.227 e. The monoisotopic (exact) mass is 371 g/mol. The number of rotatable bonds is 8. The zero-order chi connectivity index (χ0) is 19.1. The van der Waals surface area contributed by atoms with E-state index in [4.69, 9.17) is 14.5 Å². The molecular weight excluding hydrogens is 342 g/mol. The van der Waals surface area contributed by atoms with Crippen LogP contribution in [0.4, 0.5) is 17.5 Å². The third-order valence-electron chi connectivity index (χ3n) is 4.66. The van der Waals surface area contributed by atoms with Crippen molar-refractivity contribution in [3.05, 3.63) is 36.0 Å². The molecule has 146 valence electrons. The van der Waals surface area contributed by atoms with Gasteiger partial charge in [0.05, 0.1) is 12.8 Å². The summed E-state index contributed by atoms with van der Waals surface area (Å²) < 4.78 is 10.6. The number of piperazine rings is 1. The van der Waals surface area contributed by atoms with Gasteiger partial charge in [-0.05, 0) is 25.5 Å². The summed E-state index contributed by atoms with van der Waals surface area (Å²) in [5.41, 5.74) is 2.12. The first-order valence-electron chi connectivity index (χ1n) is 9.42. The van der Waals surface area contributed by atoms with E-state index in [2.05, 4.69) is 32.2 Å². The summed E-state index contributed by atoms with van der Waals surface area (Å²) in [5.74, 6) is 2.59. The van der Waals surface area contributed by atoms with Crippen LogP contribution >= 0.6 is 0 Å². The summed E-state index contributed by atoms with van der Waals surface area (Å²) >= 11 is 0. The minimum Gasteiger partial charge on any atom is -0.495 e. The average molecular weight is 371 g/mol. The predicted octanol–water partition coefficient (Wildman–Crippen LogP) is 2.57. The Morgan fingerprint density at radius 1 is 1.04 bits per heavy atom. The zero-order valence-electron chi connectivity index (χ0n) is 16.4. The Morgan fingerprint density at radius 3 is 2.52 bits per heavy atom. The zero-order valence-corrected chi connectivity index (χ0v) is 16.4. The quantitative estimate of drug-likeness (QED) is 0.716. The van der Waals surface area contributed by atoms with Crippen molar-refractivity contribution in [3.8, 4) is 5.75 Å². The molecule has 0 bridgehead atoms. The van der Waals surface area contributed by atoms with Crippen LogP contribution in [0.5, 0.6) is 5.75 Å². The molecule has 1 N–H and O–H groups in total. The van der Waals surface area contributed by atoms with Crippen molar-refractivity contribution in [1.82, 2.24) is 9.97 Å². The summed E-state index contributed by atoms with van der Waals surface area (Å²) in [6, 6.07) is 10.2. The van der Waals surface area contributed by atoms with Crippen LogP contribution in [-0.4, -0.2) is 63.5 Å². The van der Waals surface area contributed by atoms with E-state index in [0.29, 0.717) is 0 Å². The third-order valence-corrected chi connectivity index (χ3v) is 4.66. The fourth-order valence-corrected chi connectivity index (χ4v) is 3.26. The fraction of sp³-hybridized carbons (Fsp3) is 0.500. The molecule has 27 heavy (non-hydrogen) atoms. The largest absolute Gasteiger partial charge is 0.495 e. The summed E-state index contributed by atoms with van der Waals surface area (Å²) in [5, 5.41) is 3.36. The van der Waals surface area contributed by atoms with Gasteiger partial charge in [-0.3, -0.25) is 0 Å². The highest BCUT2D eigenvalue weighted by Crippen LogP contribution is 2.29. The van der Waals surface area contributed by atoms with E-state index < -0.39 is 0 Å². The molecule has 0 spiro atoms. The molecule has 0 unspecified atom stereocenters. The van der Waals surface area contributed by atoms with Gasteiger partial charge in [-0.2, -0.15) is 4.98 Å². The number of ether oxygens (including phenoxy) is 2. The van der Waals surface area contributed by atoms with Gasteiger partial charge in [0, 0.05) is 58.2 Å². The van der Waals surface area contributed by atoms with Gasteiger partial charge in [-0.25, -0.2) is 4.98 Å². The lowest BCUT2D eigenvalue weighted by Crippen LogP contribution is -2.47. The van der Waals surface area contributed by atoms with Gasteiger partial charge in [0.2, 0.25) is 5.95 Å². The Balaban J connectivity index is 1.62. The maximum absolute atomic E-state index is 5.50. The number of aromatic nitrogens is 2. The van der Waals surface area contributed by atoms with Crippen LogP contribution < -0.4 is 19.9 Å². The van der Waals surface area contributed by atoms with Crippen LogP contribution in [0.25, 0.3) is 0 Å². The van der Waals surface area contributed by atoms with Gasteiger partial charge < -0.3 is 24.6 Å². The lowest BCUT2D eigenvalue weighted by Gasteiger charge is -2.36. The second-order valence-electron chi connectivity index (χ2n) is 6.61. The van der Waals surface area contributed by atoms with Crippen LogP contribution in [0.15, 0.2) is 30.3 Å². The van der Waals surface area contributed by atoms with Crippen LogP contribution in [0.1, 0.15) is 12.1 Å². The molecular formula is C20H29N5O2. The highest BCUT2D eigenvalue weighted by atomic mass is 16.5. The first-order chi connectivity index (χ1) is 13.2. The van der Waals surface area contributed by atoms with E-state index in [9.17, 15) is 0 Å². The standard InChI is InChI=1S/C20H29N5O2/c1-16-15-19(21-9-6-14-26-2)23-20(22-16)25-12-10-24(11-13-25)17-7-4-5-8-18(17)27-3/h4-5,7-8,15H,6,9-14H2,1-3H3,(H,21,22,23). The Morgan fingerprint density at radius 2 is 1.78 bits per heavy atom. The molecule has 1 fully saturated rings. The van der Waals surface area contributed by atoms with Gasteiger partial charge in [-0.15, -0.1) is 0 Å². The topological polar surface area (TPSA) is 62.8 Å². The second-order valence-corrected chi connectivity index (χ2v) is 6.61. The molecule has 0 aliphatic carbocycles. The van der Waals surface area contributed by atoms with Gasteiger partial charge in [0.1, 0.15) is 11.6 Å². The number of methoxy groups -OCH3 is 2. The first-order valence-corrected chi connectivity index (χ1v) is 9.42. The van der Waals surface area contributed by atoms with Crippen molar-refractivity contribution in [1.29, 1.82) is 0 Å². The fourth-order valence-electron chi connectivity index (χ4n) is 3.26. The Kier molecular flexibility index (Phi) is 6.70. The Bertz CT molecular complexity index is 732. The maximum atomic E-state index is 5.50. The van der Waals surface area contributed by atoms with E-state index in [0.717, 1.165) is 74.6 Å². The lowest BCUT2D eigenvalue weighted by molar-refractivity contribution is 0.198. The molecule has 1 aliphatic rings. The Hall–Kier alpha value is -2.54. The van der Waals surface area contributed by atoms with E-state index in [1.54, 1.807) is 14.2 Å². The molecule has 2 heterocycles. The van der Waals surface area contributed by atoms with E-state index >= 15 is 0 Å². The molecule has 7 nitrogen and oxygen atoms in total. The normalized spacial score (nSPS) is 14.3. The van der Waals surface area contributed by atoms with Crippen molar-refractivity contribution in [3.63, 3.8) is 0 Å². The molecule has 1 aromatic carbocycles. The molecule has 1 saturated heterocycles. The Labute approximate surface area is 161 Å². The van der Waals surface area contributed by atoms with Crippen LogP contribution in [0.2, 0.25) is 0 Å². The van der Waals surface area contributed by atoms with Gasteiger partial charge >= 0.3 is 0 Å². The van der Waals surface area contributed by atoms with Crippen LogP contribution in [0.3, 0.4) is 0 Å². The van der Waals surface area contributed by atoms with Crippen molar-refractivity contribution in [2.75, 3.05) is 68.7 Å². The predicted molar refractivity (Wildman–Crippen MR) is 109 cm³/mol. The van der Waals surface area contributed by atoms with Gasteiger partial charge in [0.15, 0.2) is 0 Å². The number of hydrogen-bond acceptors (Lipinski definition) is 7. The van der Waals surface area contributed by atoms with Crippen molar-refractivity contribution in [2.24, 2.45) is 0 Å². The smallest absolute Gasteiger partial charge is 0.227 e. The summed E-state index contributed by atoms with van der Waals surface area (Å²) in [7, 11) is 3.44. The lowest BCUT2D eigenvalue weighted by atomic mass is 10.2. The highest BCUT2D eigenvalue weighted by Gasteiger charge is 2.21. The minimum atomic E-state index is 0.745. The molecule has 7 heteroatoms. The summed E-state index contributed by atoms with van der Waals surface area (Å²) in [6.07, 6.45) is 0.951. The van der Waals surface area contributed by atoms with Crippen molar-refractivity contribution < 1.29 is 9.47 Å². The SMILES string of the molecule is COCCCNc1cc(C)nc(N2CCN(c3ccccc3OC)CC2)n1. The van der Waals surface area contributed by atoms with Crippen LogP contribution in [0, 0.1) is 6.92 Å². The molecule has 1 aliphatic heterocycles. The minimum absolute atomic E-state index is 0.745. The molecule has 0 amide bonds. The van der Waals surface area contributed by atoms with E-state index in [1.807, 2.05) is 25.1 Å². The number of aryl methyl sites for hydroxylation is 1.